The van der Waals surface area contributed by atoms with E-state index in [9.17, 15) is 24.0 Å². The highest BCUT2D eigenvalue weighted by Gasteiger charge is 2.23. The monoisotopic (exact) mass is 676 g/mol. The molecule has 2 aliphatic heterocycles. The lowest BCUT2D eigenvalue weighted by molar-refractivity contribution is -0.137. The Morgan fingerprint density at radius 2 is 1.14 bits per heavy atom. The van der Waals surface area contributed by atoms with Crippen LogP contribution < -0.4 is 15.5 Å². The number of imide groups is 1. The highest BCUT2D eigenvalue weighted by molar-refractivity contribution is 6.13. The fourth-order valence-electron chi connectivity index (χ4n) is 5.05. The normalized spacial score (nSPS) is 14.2. The van der Waals surface area contributed by atoms with Crippen LogP contribution in [0.25, 0.3) is 12.2 Å². The summed E-state index contributed by atoms with van der Waals surface area (Å²) in [5.41, 5.74) is 3.95. The fraction of sp³-hybridized carbons (Fsp3) is 0.417. The second kappa shape index (κ2) is 20.6. The molecule has 2 N–H and O–H groups in total. The summed E-state index contributed by atoms with van der Waals surface area (Å²) in [6, 6.07) is 15.8. The van der Waals surface area contributed by atoms with E-state index < -0.39 is 11.8 Å². The van der Waals surface area contributed by atoms with Gasteiger partial charge in [0, 0.05) is 51.0 Å². The molecule has 0 radical (unpaired) electrons. The molecule has 4 rings (SSSR count). The van der Waals surface area contributed by atoms with Crippen LogP contribution >= 0.6 is 0 Å². The van der Waals surface area contributed by atoms with Crippen molar-refractivity contribution in [3.05, 3.63) is 77.4 Å². The third-order valence-electron chi connectivity index (χ3n) is 7.64. The first-order valence-corrected chi connectivity index (χ1v) is 16.5. The Morgan fingerprint density at radius 1 is 0.592 bits per heavy atom. The van der Waals surface area contributed by atoms with E-state index in [0.29, 0.717) is 59.3 Å². The van der Waals surface area contributed by atoms with Crippen LogP contribution in [-0.4, -0.2) is 107 Å². The number of nitrogens with one attached hydrogen (secondary N) is 2. The third-order valence-corrected chi connectivity index (χ3v) is 7.64. The number of fused-ring (bicyclic) bond motifs is 2. The summed E-state index contributed by atoms with van der Waals surface area (Å²) >= 11 is 0. The largest absolute Gasteiger partial charge is 0.379 e. The van der Waals surface area contributed by atoms with Gasteiger partial charge in [-0.3, -0.25) is 28.9 Å². The van der Waals surface area contributed by atoms with Crippen LogP contribution in [-0.2, 0) is 49.5 Å². The van der Waals surface area contributed by atoms with Crippen molar-refractivity contribution >= 4 is 47.4 Å². The first-order valence-electron chi connectivity index (χ1n) is 16.5. The molecule has 2 aliphatic rings. The Morgan fingerprint density at radius 3 is 1.86 bits per heavy atom. The molecule has 0 fully saturated rings. The van der Waals surface area contributed by atoms with Crippen LogP contribution in [0.4, 0.5) is 5.69 Å². The number of hydrogen-bond donors (Lipinski definition) is 2. The molecule has 0 saturated heterocycles. The zero-order valence-corrected chi connectivity index (χ0v) is 27.6. The second-order valence-corrected chi connectivity index (χ2v) is 11.1. The number of hydrogen-bond acceptors (Lipinski definition) is 9. The summed E-state index contributed by atoms with van der Waals surface area (Å²) in [6.45, 7) is 3.81. The van der Waals surface area contributed by atoms with Crippen molar-refractivity contribution in [1.82, 2.24) is 15.5 Å². The summed E-state index contributed by atoms with van der Waals surface area (Å²) in [4.78, 5) is 63.1. The van der Waals surface area contributed by atoms with Gasteiger partial charge in [0.05, 0.1) is 65.1 Å². The molecular weight excluding hydrogens is 632 g/mol. The van der Waals surface area contributed by atoms with Gasteiger partial charge in [-0.15, -0.1) is 0 Å². The van der Waals surface area contributed by atoms with Crippen LogP contribution in [0.2, 0.25) is 0 Å². The van der Waals surface area contributed by atoms with Gasteiger partial charge in [-0.25, -0.2) is 0 Å². The maximum absolute atomic E-state index is 13.3. The van der Waals surface area contributed by atoms with E-state index in [4.69, 9.17) is 18.9 Å². The molecule has 13 heteroatoms. The van der Waals surface area contributed by atoms with Gasteiger partial charge >= 0.3 is 0 Å². The number of ether oxygens (including phenoxy) is 4. The minimum Gasteiger partial charge on any atom is -0.379 e. The number of benzene rings is 2. The molecule has 0 unspecified atom stereocenters. The molecule has 0 aromatic heterocycles. The zero-order chi connectivity index (χ0) is 34.7. The SMILES string of the molecule is O=C(CCOCCOCCOCCOCCNC(=O)CCN1C(=O)C=CC1=O)NCCC(=O)N1Cc2ccccc2/C=C\c2ccccc21. The van der Waals surface area contributed by atoms with Crippen LogP contribution in [0, 0.1) is 0 Å². The molecule has 2 aromatic rings. The number of carbonyl (C=O) groups is 5. The fourth-order valence-corrected chi connectivity index (χ4v) is 5.05. The molecule has 0 atom stereocenters. The lowest BCUT2D eigenvalue weighted by atomic mass is 10.0. The van der Waals surface area contributed by atoms with E-state index in [1.807, 2.05) is 54.6 Å². The quantitative estimate of drug-likeness (QED) is 0.150. The summed E-state index contributed by atoms with van der Waals surface area (Å²) in [7, 11) is 0. The number of carbonyl (C=O) groups excluding carboxylic acids is 5. The Balaban J connectivity index is 0.943. The average Bonchev–Trinajstić information content (AvgIpc) is 3.42. The topological polar surface area (TPSA) is 153 Å². The molecule has 2 heterocycles. The number of rotatable bonds is 21. The summed E-state index contributed by atoms with van der Waals surface area (Å²) in [5.74, 6) is -1.32. The number of para-hydroxylation sites is 1. The minimum atomic E-state index is -0.406. The lowest BCUT2D eigenvalue weighted by Crippen LogP contribution is -2.35. The van der Waals surface area contributed by atoms with E-state index in [0.717, 1.165) is 27.3 Å². The molecule has 0 saturated carbocycles. The number of amides is 5. The third kappa shape index (κ3) is 12.7. The number of nitrogens with zero attached hydrogens (tertiary/aromatic N) is 2. The van der Waals surface area contributed by atoms with Gasteiger partial charge < -0.3 is 34.5 Å². The molecular formula is C36H44N4O9. The van der Waals surface area contributed by atoms with E-state index in [1.165, 1.54) is 12.2 Å². The summed E-state index contributed by atoms with van der Waals surface area (Å²) in [6.07, 6.45) is 6.87. The van der Waals surface area contributed by atoms with Crippen molar-refractivity contribution < 1.29 is 42.9 Å². The maximum Gasteiger partial charge on any atom is 0.253 e. The lowest BCUT2D eigenvalue weighted by Gasteiger charge is -2.27. The smallest absolute Gasteiger partial charge is 0.253 e. The van der Waals surface area contributed by atoms with Crippen LogP contribution in [0.3, 0.4) is 0 Å². The van der Waals surface area contributed by atoms with Gasteiger partial charge in [0.1, 0.15) is 0 Å². The highest BCUT2D eigenvalue weighted by atomic mass is 16.6. The minimum absolute atomic E-state index is 0.0383. The second-order valence-electron chi connectivity index (χ2n) is 11.1. The van der Waals surface area contributed by atoms with Gasteiger partial charge in [-0.05, 0) is 22.8 Å². The van der Waals surface area contributed by atoms with E-state index in [-0.39, 0.29) is 56.7 Å². The molecule has 0 aliphatic carbocycles. The highest BCUT2D eigenvalue weighted by Crippen LogP contribution is 2.29. The Labute approximate surface area is 286 Å². The molecule has 262 valence electrons. The molecule has 5 amide bonds. The van der Waals surface area contributed by atoms with Crippen LogP contribution in [0.1, 0.15) is 36.0 Å². The predicted molar refractivity (Wildman–Crippen MR) is 182 cm³/mol. The van der Waals surface area contributed by atoms with Crippen LogP contribution in [0.15, 0.2) is 60.7 Å². The Hall–Kier alpha value is -4.69. The van der Waals surface area contributed by atoms with Crippen molar-refractivity contribution in [3.63, 3.8) is 0 Å². The van der Waals surface area contributed by atoms with Crippen molar-refractivity contribution in [2.75, 3.05) is 77.4 Å². The van der Waals surface area contributed by atoms with E-state index in [2.05, 4.69) is 16.7 Å². The average molecular weight is 677 g/mol. The van der Waals surface area contributed by atoms with Crippen LogP contribution in [0.5, 0.6) is 0 Å². The van der Waals surface area contributed by atoms with Gasteiger partial charge in [0.25, 0.3) is 11.8 Å². The zero-order valence-electron chi connectivity index (χ0n) is 27.6. The molecule has 49 heavy (non-hydrogen) atoms. The van der Waals surface area contributed by atoms with Crippen molar-refractivity contribution in [2.24, 2.45) is 0 Å². The van der Waals surface area contributed by atoms with Gasteiger partial charge in [-0.1, -0.05) is 54.6 Å². The maximum atomic E-state index is 13.3. The Bertz CT molecular complexity index is 1470. The summed E-state index contributed by atoms with van der Waals surface area (Å²) in [5, 5.41) is 5.48. The van der Waals surface area contributed by atoms with Crippen molar-refractivity contribution in [1.29, 1.82) is 0 Å². The number of anilines is 1. The first-order chi connectivity index (χ1) is 23.9. The van der Waals surface area contributed by atoms with Gasteiger partial charge in [0.15, 0.2) is 0 Å². The predicted octanol–water partition coefficient (Wildman–Crippen LogP) is 2.10. The Kier molecular flexibility index (Phi) is 15.6. The molecule has 0 bridgehead atoms. The van der Waals surface area contributed by atoms with Gasteiger partial charge in [-0.2, -0.15) is 0 Å². The molecule has 2 aromatic carbocycles. The van der Waals surface area contributed by atoms with E-state index >= 15 is 0 Å². The molecule has 0 spiro atoms. The van der Waals surface area contributed by atoms with Crippen molar-refractivity contribution in [2.45, 2.75) is 25.8 Å². The standard InChI is InChI=1S/C36H44N4O9/c41-32(14-18-39-34(43)11-12-35(39)44)38-17-20-47-22-24-49-26-25-48-23-21-46-19-15-33(42)37-16-13-36(45)40-27-30-7-2-1-5-28(30)9-10-29-6-3-4-8-31(29)40/h1-12H,13-27H2,(H,37,42)(H,38,41)/b10-9-. The summed E-state index contributed by atoms with van der Waals surface area (Å²) < 4.78 is 21.8. The molecule has 13 nitrogen and oxygen atoms in total. The van der Waals surface area contributed by atoms with Crippen molar-refractivity contribution in [3.8, 4) is 0 Å². The van der Waals surface area contributed by atoms with Gasteiger partial charge in [0.2, 0.25) is 17.7 Å². The van der Waals surface area contributed by atoms with E-state index in [1.54, 1.807) is 4.90 Å². The first kappa shape index (κ1) is 37.1.